The van der Waals surface area contributed by atoms with Gasteiger partial charge < -0.3 is 14.4 Å². The molecule has 0 N–H and O–H groups in total. The Balaban J connectivity index is 1.45. The summed E-state index contributed by atoms with van der Waals surface area (Å²) in [6.45, 7) is 4.07. The molecule has 5 rings (SSSR count). The van der Waals surface area contributed by atoms with Crippen LogP contribution in [0.15, 0.2) is 97.1 Å². The Hall–Kier alpha value is -4.39. The first-order valence-corrected chi connectivity index (χ1v) is 13.2. The second-order valence-corrected chi connectivity index (χ2v) is 10.1. The van der Waals surface area contributed by atoms with E-state index in [9.17, 15) is 14.4 Å². The zero-order valence-electron chi connectivity index (χ0n) is 22.1. The highest BCUT2D eigenvalue weighted by Crippen LogP contribution is 2.39. The van der Waals surface area contributed by atoms with Gasteiger partial charge in [0, 0.05) is 0 Å². The number of cyclic esters (lactones) is 1. The summed E-state index contributed by atoms with van der Waals surface area (Å²) in [4.78, 5) is 43.3. The molecule has 0 aromatic heterocycles. The molecule has 0 aliphatic carbocycles. The van der Waals surface area contributed by atoms with E-state index >= 15 is 0 Å². The number of rotatable bonds is 9. The van der Waals surface area contributed by atoms with Crippen molar-refractivity contribution in [3.63, 3.8) is 0 Å². The molecule has 3 aromatic carbocycles. The first kappa shape index (κ1) is 26.2. The average Bonchev–Trinajstić information content (AvgIpc) is 3.33. The molecule has 2 amide bonds. The molecule has 0 saturated carbocycles. The Morgan fingerprint density at radius 1 is 0.949 bits per heavy atom. The summed E-state index contributed by atoms with van der Waals surface area (Å²) < 4.78 is 11.1. The van der Waals surface area contributed by atoms with E-state index in [2.05, 4.69) is 0 Å². The maximum absolute atomic E-state index is 13.9. The lowest BCUT2D eigenvalue weighted by atomic mass is 9.86. The van der Waals surface area contributed by atoms with Gasteiger partial charge in [0.05, 0.1) is 12.1 Å². The lowest BCUT2D eigenvalue weighted by molar-refractivity contribution is -0.173. The summed E-state index contributed by atoms with van der Waals surface area (Å²) in [5, 5.41) is 0. The zero-order valence-corrected chi connectivity index (χ0v) is 22.1. The minimum Gasteiger partial charge on any atom is -0.459 e. The molecule has 2 heterocycles. The molecule has 39 heavy (non-hydrogen) atoms. The average molecular weight is 525 g/mol. The fraction of sp³-hybridized carbons (Fsp3) is 0.281. The number of hydrogen-bond acceptors (Lipinski definition) is 5. The number of amides is 2. The third-order valence-corrected chi connectivity index (χ3v) is 7.23. The molecule has 0 spiro atoms. The molecular formula is C32H32N2O5. The van der Waals surface area contributed by atoms with Gasteiger partial charge in [0.25, 0.3) is 0 Å². The van der Waals surface area contributed by atoms with Gasteiger partial charge >= 0.3 is 12.1 Å². The van der Waals surface area contributed by atoms with Crippen LogP contribution in [0.25, 0.3) is 6.08 Å². The van der Waals surface area contributed by atoms with Crippen LogP contribution < -0.4 is 0 Å². The van der Waals surface area contributed by atoms with Crippen LogP contribution in [0.1, 0.15) is 36.6 Å². The van der Waals surface area contributed by atoms with Crippen LogP contribution in [0.2, 0.25) is 0 Å². The summed E-state index contributed by atoms with van der Waals surface area (Å²) in [6, 6.07) is 26.2. The Kier molecular flexibility index (Phi) is 7.77. The Bertz CT molecular complexity index is 1330. The van der Waals surface area contributed by atoms with E-state index in [0.717, 1.165) is 16.7 Å². The highest BCUT2D eigenvalue weighted by atomic mass is 16.6. The van der Waals surface area contributed by atoms with E-state index in [4.69, 9.17) is 9.47 Å². The molecular weight excluding hydrogens is 492 g/mol. The molecule has 2 saturated heterocycles. The third kappa shape index (κ3) is 5.43. The normalized spacial score (nSPS) is 21.7. The van der Waals surface area contributed by atoms with Crippen LogP contribution in [0.5, 0.6) is 0 Å². The van der Waals surface area contributed by atoms with Crippen LogP contribution in [0, 0.1) is 5.92 Å². The number of esters is 1. The predicted molar refractivity (Wildman–Crippen MR) is 147 cm³/mol. The second-order valence-electron chi connectivity index (χ2n) is 10.1. The van der Waals surface area contributed by atoms with Gasteiger partial charge in [-0.3, -0.25) is 9.69 Å². The fourth-order valence-electron chi connectivity index (χ4n) is 5.29. The van der Waals surface area contributed by atoms with Crippen LogP contribution in [-0.4, -0.2) is 52.5 Å². The maximum atomic E-state index is 13.9. The maximum Gasteiger partial charge on any atom is 0.411 e. The molecule has 4 atom stereocenters. The minimum absolute atomic E-state index is 0.118. The standard InChI is InChI=1S/C32H32N2O5/c1-22(2)28(31(36)38-20-24-14-8-4-9-15-24)33-26(19-18-23-12-6-3-7-13-23)29(30(33)35)34-27(21-39-32(34)37)25-16-10-5-11-17-25/h3-19,22,26-29H,20-21H2,1-2H3/t26?,27-,28?,29?/m1/s1. The molecule has 2 aliphatic rings. The van der Waals surface area contributed by atoms with Gasteiger partial charge in [-0.2, -0.15) is 0 Å². The molecule has 2 fully saturated rings. The Morgan fingerprint density at radius 2 is 1.56 bits per heavy atom. The number of benzene rings is 3. The number of carbonyl (C=O) groups is 3. The first-order chi connectivity index (χ1) is 19.0. The number of nitrogens with zero attached hydrogens (tertiary/aromatic N) is 2. The van der Waals surface area contributed by atoms with E-state index in [-0.39, 0.29) is 25.0 Å². The van der Waals surface area contributed by atoms with Crippen molar-refractivity contribution in [2.24, 2.45) is 5.92 Å². The van der Waals surface area contributed by atoms with E-state index in [1.807, 2.05) is 117 Å². The van der Waals surface area contributed by atoms with Crippen LogP contribution >= 0.6 is 0 Å². The monoisotopic (exact) mass is 524 g/mol. The number of ether oxygens (including phenoxy) is 2. The highest BCUT2D eigenvalue weighted by Gasteiger charge is 2.58. The number of β-lactam (4-membered cyclic amide) rings is 1. The molecule has 0 bridgehead atoms. The van der Waals surface area contributed by atoms with Gasteiger partial charge in [-0.25, -0.2) is 9.59 Å². The third-order valence-electron chi connectivity index (χ3n) is 7.23. The molecule has 7 heteroatoms. The van der Waals surface area contributed by atoms with Crippen molar-refractivity contribution >= 4 is 24.0 Å². The van der Waals surface area contributed by atoms with Crippen molar-refractivity contribution < 1.29 is 23.9 Å². The SMILES string of the molecule is CC(C)C(C(=O)OCc1ccccc1)N1C(=O)C(N2C(=O)OC[C@@H]2c2ccccc2)C1C=Cc1ccccc1. The van der Waals surface area contributed by atoms with Gasteiger partial charge in [-0.05, 0) is 22.6 Å². The van der Waals surface area contributed by atoms with Gasteiger partial charge in [-0.15, -0.1) is 0 Å². The van der Waals surface area contributed by atoms with Gasteiger partial charge in [0.1, 0.15) is 25.3 Å². The quantitative estimate of drug-likeness (QED) is 0.283. The van der Waals surface area contributed by atoms with Crippen molar-refractivity contribution in [1.82, 2.24) is 9.80 Å². The van der Waals surface area contributed by atoms with Crippen LogP contribution in [0.4, 0.5) is 4.79 Å². The summed E-state index contributed by atoms with van der Waals surface area (Å²) in [7, 11) is 0. The predicted octanol–water partition coefficient (Wildman–Crippen LogP) is 5.24. The summed E-state index contributed by atoms with van der Waals surface area (Å²) in [5.74, 6) is -0.975. The van der Waals surface area contributed by atoms with Crippen molar-refractivity contribution in [1.29, 1.82) is 0 Å². The number of likely N-dealkylation sites (tertiary alicyclic amines) is 1. The largest absolute Gasteiger partial charge is 0.459 e. The number of hydrogen-bond donors (Lipinski definition) is 0. The molecule has 7 nitrogen and oxygen atoms in total. The topological polar surface area (TPSA) is 76.2 Å². The molecule has 200 valence electrons. The van der Waals surface area contributed by atoms with Crippen LogP contribution in [-0.2, 0) is 25.7 Å². The second kappa shape index (κ2) is 11.6. The van der Waals surface area contributed by atoms with Gasteiger partial charge in [0.2, 0.25) is 5.91 Å². The van der Waals surface area contributed by atoms with Crippen molar-refractivity contribution in [3.05, 3.63) is 114 Å². The van der Waals surface area contributed by atoms with Crippen molar-refractivity contribution in [3.8, 4) is 0 Å². The Labute approximate surface area is 228 Å². The van der Waals surface area contributed by atoms with E-state index < -0.39 is 36.2 Å². The Morgan fingerprint density at radius 3 is 2.21 bits per heavy atom. The molecule has 2 aliphatic heterocycles. The minimum atomic E-state index is -0.809. The highest BCUT2D eigenvalue weighted by molar-refractivity contribution is 5.97. The molecule has 3 unspecified atom stereocenters. The van der Waals surface area contributed by atoms with E-state index in [0.29, 0.717) is 0 Å². The van der Waals surface area contributed by atoms with E-state index in [1.165, 1.54) is 4.90 Å². The summed E-state index contributed by atoms with van der Waals surface area (Å²) >= 11 is 0. The first-order valence-electron chi connectivity index (χ1n) is 13.2. The lowest BCUT2D eigenvalue weighted by Gasteiger charge is -2.52. The van der Waals surface area contributed by atoms with Gasteiger partial charge in [0.15, 0.2) is 0 Å². The number of carbonyl (C=O) groups excluding carboxylic acids is 3. The molecule has 3 aromatic rings. The zero-order chi connectivity index (χ0) is 27.4. The fourth-order valence-corrected chi connectivity index (χ4v) is 5.29. The van der Waals surface area contributed by atoms with Crippen molar-refractivity contribution in [2.75, 3.05) is 6.61 Å². The lowest BCUT2D eigenvalue weighted by Crippen LogP contribution is -2.74. The smallest absolute Gasteiger partial charge is 0.411 e. The van der Waals surface area contributed by atoms with Crippen molar-refractivity contribution in [2.45, 2.75) is 44.6 Å². The van der Waals surface area contributed by atoms with E-state index in [1.54, 1.807) is 4.90 Å². The van der Waals surface area contributed by atoms with Gasteiger partial charge in [-0.1, -0.05) is 117 Å². The van der Waals surface area contributed by atoms with Crippen LogP contribution in [0.3, 0.4) is 0 Å². The summed E-state index contributed by atoms with van der Waals surface area (Å²) in [6.07, 6.45) is 3.28. The molecule has 0 radical (unpaired) electrons. The summed E-state index contributed by atoms with van der Waals surface area (Å²) in [5.41, 5.74) is 2.71.